The molecule has 0 spiro atoms. The molecule has 0 atom stereocenters. The van der Waals surface area contributed by atoms with Crippen LogP contribution in [0.1, 0.15) is 0 Å². The van der Waals surface area contributed by atoms with Gasteiger partial charge in [-0.3, -0.25) is 4.84 Å². The van der Waals surface area contributed by atoms with Crippen LogP contribution in [0.5, 0.6) is 5.75 Å². The van der Waals surface area contributed by atoms with Crippen LogP contribution in [0, 0.1) is 10.1 Å². The lowest BCUT2D eigenvalue weighted by molar-refractivity contribution is -0.711. The van der Waals surface area contributed by atoms with Crippen molar-refractivity contribution >= 4 is 11.6 Å². The first-order chi connectivity index (χ1) is 5.20. The van der Waals surface area contributed by atoms with Gasteiger partial charge >= 0.3 is 0 Å². The van der Waals surface area contributed by atoms with E-state index in [4.69, 9.17) is 11.6 Å². The van der Waals surface area contributed by atoms with Crippen molar-refractivity contribution in [2.75, 3.05) is 0 Å². The third-order valence-electron chi connectivity index (χ3n) is 1.01. The van der Waals surface area contributed by atoms with Gasteiger partial charge in [-0.2, -0.15) is 0 Å². The van der Waals surface area contributed by atoms with Crippen LogP contribution in [-0.2, 0) is 0 Å². The van der Waals surface area contributed by atoms with E-state index in [0.29, 0.717) is 0 Å². The van der Waals surface area contributed by atoms with Crippen molar-refractivity contribution in [2.45, 2.75) is 0 Å². The molecule has 0 aliphatic carbocycles. The molecule has 0 saturated carbocycles. The van der Waals surface area contributed by atoms with E-state index in [9.17, 15) is 10.1 Å². The molecule has 1 aromatic rings. The lowest BCUT2D eigenvalue weighted by Gasteiger charge is -1.98. The first-order valence-electron chi connectivity index (χ1n) is 2.77. The molecule has 1 rings (SSSR count). The van der Waals surface area contributed by atoms with E-state index in [-0.39, 0.29) is 10.8 Å². The standard InChI is InChI=1S/C6H4ClNO3/c7-5-3-1-2-4-6(5)11-8(9)10/h1-4H. The van der Waals surface area contributed by atoms with Gasteiger partial charge in [-0.25, -0.2) is 0 Å². The number of para-hydroxylation sites is 1. The number of rotatable bonds is 2. The van der Waals surface area contributed by atoms with E-state index in [2.05, 4.69) is 4.84 Å². The molecular weight excluding hydrogens is 170 g/mol. The molecular formula is C6H4ClNO3. The van der Waals surface area contributed by atoms with Crippen LogP contribution in [0.3, 0.4) is 0 Å². The van der Waals surface area contributed by atoms with Crippen molar-refractivity contribution in [1.29, 1.82) is 0 Å². The van der Waals surface area contributed by atoms with Crippen LogP contribution in [-0.4, -0.2) is 5.09 Å². The zero-order chi connectivity index (χ0) is 8.27. The summed E-state index contributed by atoms with van der Waals surface area (Å²) in [5.74, 6) is 0.0548. The van der Waals surface area contributed by atoms with Crippen LogP contribution < -0.4 is 4.84 Å². The zero-order valence-electron chi connectivity index (χ0n) is 5.36. The molecule has 0 unspecified atom stereocenters. The lowest BCUT2D eigenvalue weighted by atomic mass is 10.3. The Bertz CT molecular complexity index is 276. The Balaban J connectivity index is 2.86. The van der Waals surface area contributed by atoms with Gasteiger partial charge in [0.25, 0.3) is 5.09 Å². The molecule has 1 aromatic carbocycles. The van der Waals surface area contributed by atoms with E-state index in [1.807, 2.05) is 0 Å². The minimum Gasteiger partial charge on any atom is -0.275 e. The molecule has 0 aliphatic heterocycles. The van der Waals surface area contributed by atoms with Crippen molar-refractivity contribution in [3.05, 3.63) is 39.4 Å². The molecule has 0 aromatic heterocycles. The van der Waals surface area contributed by atoms with Crippen LogP contribution in [0.2, 0.25) is 5.02 Å². The summed E-state index contributed by atoms with van der Waals surface area (Å²) in [6, 6.07) is 6.20. The first kappa shape index (κ1) is 7.81. The lowest BCUT2D eigenvalue weighted by Crippen LogP contribution is -2.03. The number of nitrogens with zero attached hydrogens (tertiary/aromatic N) is 1. The third-order valence-corrected chi connectivity index (χ3v) is 1.32. The summed E-state index contributed by atoms with van der Waals surface area (Å²) in [6.45, 7) is 0. The highest BCUT2D eigenvalue weighted by molar-refractivity contribution is 6.32. The second-order valence-electron chi connectivity index (χ2n) is 1.75. The normalized spacial score (nSPS) is 9.18. The van der Waals surface area contributed by atoms with Gasteiger partial charge in [0, 0.05) is 0 Å². The van der Waals surface area contributed by atoms with E-state index in [0.717, 1.165) is 0 Å². The number of hydrogen-bond donors (Lipinski definition) is 0. The van der Waals surface area contributed by atoms with Crippen LogP contribution >= 0.6 is 11.6 Å². The summed E-state index contributed by atoms with van der Waals surface area (Å²) in [5.41, 5.74) is 0. The summed E-state index contributed by atoms with van der Waals surface area (Å²) in [7, 11) is 0. The quantitative estimate of drug-likeness (QED) is 0.507. The van der Waals surface area contributed by atoms with Crippen LogP contribution in [0.25, 0.3) is 0 Å². The summed E-state index contributed by atoms with van der Waals surface area (Å²) < 4.78 is 0. The molecule has 0 bridgehead atoms. The molecule has 0 saturated heterocycles. The molecule has 0 aliphatic rings. The van der Waals surface area contributed by atoms with E-state index in [1.54, 1.807) is 12.1 Å². The van der Waals surface area contributed by atoms with Gasteiger partial charge in [-0.1, -0.05) is 23.7 Å². The smallest absolute Gasteiger partial charge is 0.275 e. The fourth-order valence-electron chi connectivity index (χ4n) is 0.599. The maximum Gasteiger partial charge on any atom is 0.299 e. The SMILES string of the molecule is O=[N+]([O-])Oc1ccccc1Cl. The minimum atomic E-state index is -0.902. The molecule has 0 amide bonds. The maximum atomic E-state index is 9.85. The fraction of sp³-hybridized carbons (Fsp3) is 0. The molecule has 0 N–H and O–H groups in total. The van der Waals surface area contributed by atoms with Gasteiger partial charge in [0.15, 0.2) is 0 Å². The highest BCUT2D eigenvalue weighted by atomic mass is 35.5. The van der Waals surface area contributed by atoms with Crippen LogP contribution in [0.15, 0.2) is 24.3 Å². The highest BCUT2D eigenvalue weighted by Crippen LogP contribution is 2.22. The van der Waals surface area contributed by atoms with Gasteiger partial charge in [-0.05, 0) is 12.1 Å². The molecule has 5 heteroatoms. The molecule has 4 nitrogen and oxygen atoms in total. The fourth-order valence-corrected chi connectivity index (χ4v) is 0.769. The maximum absolute atomic E-state index is 9.85. The number of hydrogen-bond acceptors (Lipinski definition) is 3. The summed E-state index contributed by atoms with van der Waals surface area (Å²) in [4.78, 5) is 14.0. The summed E-state index contributed by atoms with van der Waals surface area (Å²) in [6.07, 6.45) is 0. The van der Waals surface area contributed by atoms with Crippen molar-refractivity contribution in [3.63, 3.8) is 0 Å². The Morgan fingerprint density at radius 2 is 2.09 bits per heavy atom. The third kappa shape index (κ3) is 2.09. The Labute approximate surface area is 67.5 Å². The second kappa shape index (κ2) is 3.21. The molecule has 0 heterocycles. The minimum absolute atomic E-state index is 0.0548. The predicted octanol–water partition coefficient (Wildman–Crippen LogP) is 1.91. The molecule has 58 valence electrons. The monoisotopic (exact) mass is 173 g/mol. The van der Waals surface area contributed by atoms with E-state index >= 15 is 0 Å². The van der Waals surface area contributed by atoms with Crippen LogP contribution in [0.4, 0.5) is 0 Å². The van der Waals surface area contributed by atoms with Gasteiger partial charge in [-0.15, -0.1) is 10.1 Å². The van der Waals surface area contributed by atoms with Gasteiger partial charge < -0.3 is 0 Å². The summed E-state index contributed by atoms with van der Waals surface area (Å²) in [5, 5.41) is 9.17. The zero-order valence-corrected chi connectivity index (χ0v) is 6.12. The predicted molar refractivity (Wildman–Crippen MR) is 39.1 cm³/mol. The molecule has 0 radical (unpaired) electrons. The van der Waals surface area contributed by atoms with Crippen molar-refractivity contribution in [2.24, 2.45) is 0 Å². The van der Waals surface area contributed by atoms with Gasteiger partial charge in [0.05, 0.1) is 5.02 Å². The second-order valence-corrected chi connectivity index (χ2v) is 2.15. The Morgan fingerprint density at radius 1 is 1.45 bits per heavy atom. The Hall–Kier alpha value is -1.29. The first-order valence-corrected chi connectivity index (χ1v) is 3.15. The number of benzene rings is 1. The molecule has 0 fully saturated rings. The van der Waals surface area contributed by atoms with Crippen molar-refractivity contribution in [1.82, 2.24) is 0 Å². The average molecular weight is 174 g/mol. The Kier molecular flexibility index (Phi) is 2.28. The largest absolute Gasteiger partial charge is 0.299 e. The van der Waals surface area contributed by atoms with E-state index in [1.165, 1.54) is 12.1 Å². The molecule has 11 heavy (non-hydrogen) atoms. The Morgan fingerprint density at radius 3 is 2.64 bits per heavy atom. The topological polar surface area (TPSA) is 52.4 Å². The highest BCUT2D eigenvalue weighted by Gasteiger charge is 2.02. The van der Waals surface area contributed by atoms with Gasteiger partial charge in [0.1, 0.15) is 5.75 Å². The number of halogens is 1. The average Bonchev–Trinajstić information content (AvgIpc) is 1.93. The van der Waals surface area contributed by atoms with Crippen molar-refractivity contribution < 1.29 is 9.92 Å². The summed E-state index contributed by atoms with van der Waals surface area (Å²) >= 11 is 5.54. The van der Waals surface area contributed by atoms with Gasteiger partial charge in [0.2, 0.25) is 0 Å². The van der Waals surface area contributed by atoms with E-state index < -0.39 is 5.09 Å². The van der Waals surface area contributed by atoms with Crippen molar-refractivity contribution in [3.8, 4) is 5.75 Å².